The summed E-state index contributed by atoms with van der Waals surface area (Å²) >= 11 is 6.11. The monoisotopic (exact) mass is 446 g/mol. The first kappa shape index (κ1) is 21.2. The minimum atomic E-state index is -0.488. The van der Waals surface area contributed by atoms with Crippen molar-refractivity contribution in [2.75, 3.05) is 10.2 Å². The topological polar surface area (TPSA) is 97.1 Å². The van der Waals surface area contributed by atoms with E-state index in [1.54, 1.807) is 35.4 Å². The Balaban J connectivity index is 1.83. The Labute approximate surface area is 189 Å². The number of nitrogens with zero attached hydrogens (tertiary/aromatic N) is 5. The van der Waals surface area contributed by atoms with Crippen LogP contribution in [-0.4, -0.2) is 19.9 Å². The number of hydrogen-bond donors (Lipinski definition) is 1. The molecule has 0 amide bonds. The summed E-state index contributed by atoms with van der Waals surface area (Å²) in [6.45, 7) is 2.22. The van der Waals surface area contributed by atoms with Crippen LogP contribution in [-0.2, 0) is 6.54 Å². The summed E-state index contributed by atoms with van der Waals surface area (Å²) in [5.74, 6) is 0.733. The predicted molar refractivity (Wildman–Crippen MR) is 125 cm³/mol. The average molecular weight is 447 g/mol. The minimum Gasteiger partial charge on any atom is -0.334 e. The minimum absolute atomic E-state index is 0.0689. The smallest absolute Gasteiger partial charge is 0.334 e. The molecule has 2 heterocycles. The molecule has 0 unspecified atom stereocenters. The van der Waals surface area contributed by atoms with Gasteiger partial charge >= 0.3 is 5.69 Å². The van der Waals surface area contributed by atoms with E-state index >= 15 is 0 Å². The molecule has 4 rings (SSSR count). The van der Waals surface area contributed by atoms with Crippen molar-refractivity contribution in [1.82, 2.24) is 15.0 Å². The van der Waals surface area contributed by atoms with Crippen LogP contribution in [0, 0.1) is 17.0 Å². The number of halogens is 1. The van der Waals surface area contributed by atoms with Crippen molar-refractivity contribution in [2.45, 2.75) is 13.5 Å². The highest BCUT2D eigenvalue weighted by molar-refractivity contribution is 6.30. The molecule has 0 saturated carbocycles. The molecule has 9 heteroatoms. The highest BCUT2D eigenvalue weighted by Crippen LogP contribution is 2.38. The van der Waals surface area contributed by atoms with Crippen LogP contribution in [0.5, 0.6) is 0 Å². The molecule has 4 aromatic rings. The van der Waals surface area contributed by atoms with E-state index < -0.39 is 4.92 Å². The molecule has 32 heavy (non-hydrogen) atoms. The van der Waals surface area contributed by atoms with Crippen molar-refractivity contribution in [3.8, 4) is 0 Å². The molecule has 0 saturated heterocycles. The molecule has 0 bridgehead atoms. The fourth-order valence-corrected chi connectivity index (χ4v) is 3.40. The number of anilines is 4. The normalized spacial score (nSPS) is 10.6. The van der Waals surface area contributed by atoms with Crippen molar-refractivity contribution in [3.05, 3.63) is 106 Å². The van der Waals surface area contributed by atoms with E-state index in [0.29, 0.717) is 23.1 Å². The Morgan fingerprint density at radius 2 is 1.81 bits per heavy atom. The van der Waals surface area contributed by atoms with E-state index in [2.05, 4.69) is 20.3 Å². The van der Waals surface area contributed by atoms with Crippen LogP contribution >= 0.6 is 11.6 Å². The summed E-state index contributed by atoms with van der Waals surface area (Å²) in [7, 11) is 0. The molecule has 0 fully saturated rings. The Morgan fingerprint density at radius 1 is 1.03 bits per heavy atom. The number of aromatic nitrogens is 3. The number of nitro groups is 1. The second-order valence-electron chi connectivity index (χ2n) is 7.00. The number of nitrogens with one attached hydrogen (secondary N) is 1. The van der Waals surface area contributed by atoms with Gasteiger partial charge in [0.2, 0.25) is 11.6 Å². The van der Waals surface area contributed by atoms with Crippen LogP contribution in [0.3, 0.4) is 0 Å². The number of aryl methyl sites for hydroxylation is 1. The molecule has 0 aliphatic rings. The van der Waals surface area contributed by atoms with Gasteiger partial charge in [-0.05, 0) is 42.3 Å². The van der Waals surface area contributed by atoms with E-state index in [-0.39, 0.29) is 17.3 Å². The lowest BCUT2D eigenvalue weighted by Crippen LogP contribution is -2.21. The van der Waals surface area contributed by atoms with Gasteiger partial charge in [0.05, 0.1) is 11.5 Å². The molecule has 0 radical (unpaired) electrons. The Hall–Kier alpha value is -4.04. The third-order valence-corrected chi connectivity index (χ3v) is 5.04. The Kier molecular flexibility index (Phi) is 6.23. The number of benzene rings is 2. The van der Waals surface area contributed by atoms with Crippen LogP contribution < -0.4 is 10.2 Å². The summed E-state index contributed by atoms with van der Waals surface area (Å²) < 4.78 is 0. The largest absolute Gasteiger partial charge is 0.354 e. The molecule has 0 atom stereocenters. The van der Waals surface area contributed by atoms with Crippen LogP contribution in [0.4, 0.5) is 28.8 Å². The first-order chi connectivity index (χ1) is 15.5. The quantitative estimate of drug-likeness (QED) is 0.282. The molecular weight excluding hydrogens is 428 g/mol. The van der Waals surface area contributed by atoms with Gasteiger partial charge in [-0.1, -0.05) is 54.1 Å². The van der Waals surface area contributed by atoms with Gasteiger partial charge in [-0.25, -0.2) is 15.0 Å². The van der Waals surface area contributed by atoms with Crippen LogP contribution in [0.1, 0.15) is 11.1 Å². The maximum absolute atomic E-state index is 12.2. The fraction of sp³-hybridized carbons (Fsp3) is 0.0870. The average Bonchev–Trinajstić information content (AvgIpc) is 2.81. The molecule has 0 aliphatic carbocycles. The van der Waals surface area contributed by atoms with E-state index in [0.717, 1.165) is 11.1 Å². The van der Waals surface area contributed by atoms with E-state index in [1.165, 1.54) is 6.33 Å². The fourth-order valence-electron chi connectivity index (χ4n) is 3.23. The van der Waals surface area contributed by atoms with Gasteiger partial charge in [0, 0.05) is 16.9 Å². The predicted octanol–water partition coefficient (Wildman–Crippen LogP) is 5.82. The van der Waals surface area contributed by atoms with Crippen molar-refractivity contribution in [3.63, 3.8) is 0 Å². The van der Waals surface area contributed by atoms with Crippen LogP contribution in [0.15, 0.2) is 79.3 Å². The SMILES string of the molecule is Cc1ccc(Cl)cc1Nc1ncnc(N(Cc2ccccc2)c2ccccn2)c1[N+](=O)[O-]. The maximum atomic E-state index is 12.2. The van der Waals surface area contributed by atoms with E-state index in [1.807, 2.05) is 49.4 Å². The molecule has 0 aliphatic heterocycles. The van der Waals surface area contributed by atoms with Gasteiger partial charge in [0.15, 0.2) is 0 Å². The van der Waals surface area contributed by atoms with Crippen molar-refractivity contribution in [2.24, 2.45) is 0 Å². The second kappa shape index (κ2) is 9.40. The lowest BCUT2D eigenvalue weighted by atomic mass is 10.2. The zero-order valence-corrected chi connectivity index (χ0v) is 17.9. The number of hydrogen-bond acceptors (Lipinski definition) is 7. The molecule has 8 nitrogen and oxygen atoms in total. The summed E-state index contributed by atoms with van der Waals surface area (Å²) in [5.41, 5.74) is 2.19. The maximum Gasteiger partial charge on any atom is 0.354 e. The zero-order chi connectivity index (χ0) is 22.5. The molecular formula is C23H19ClN6O2. The third-order valence-electron chi connectivity index (χ3n) is 4.80. The second-order valence-corrected chi connectivity index (χ2v) is 7.43. The third kappa shape index (κ3) is 4.65. The molecule has 0 spiro atoms. The Bertz CT molecular complexity index is 1240. The zero-order valence-electron chi connectivity index (χ0n) is 17.1. The van der Waals surface area contributed by atoms with Gasteiger partial charge in [-0.2, -0.15) is 0 Å². The van der Waals surface area contributed by atoms with Crippen molar-refractivity contribution < 1.29 is 4.92 Å². The standard InChI is InChI=1S/C23H19ClN6O2/c1-16-10-11-18(24)13-19(16)28-22-21(30(31)32)23(27-15-26-22)29(20-9-5-6-12-25-20)14-17-7-3-2-4-8-17/h2-13,15H,14H2,1H3,(H,26,27,28). The number of pyridine rings is 1. The van der Waals surface area contributed by atoms with Crippen molar-refractivity contribution >= 4 is 40.4 Å². The summed E-state index contributed by atoms with van der Waals surface area (Å²) in [5, 5.41) is 15.7. The first-order valence-corrected chi connectivity index (χ1v) is 10.2. The first-order valence-electron chi connectivity index (χ1n) is 9.78. The highest BCUT2D eigenvalue weighted by atomic mass is 35.5. The Morgan fingerprint density at radius 3 is 2.53 bits per heavy atom. The van der Waals surface area contributed by atoms with Crippen LogP contribution in [0.25, 0.3) is 0 Å². The molecule has 2 aromatic carbocycles. The number of rotatable bonds is 7. The van der Waals surface area contributed by atoms with Gasteiger partial charge in [-0.15, -0.1) is 0 Å². The molecule has 160 valence electrons. The summed E-state index contributed by atoms with van der Waals surface area (Å²) in [4.78, 5) is 26.2. The lowest BCUT2D eigenvalue weighted by Gasteiger charge is -2.23. The van der Waals surface area contributed by atoms with Gasteiger partial charge < -0.3 is 10.2 Å². The van der Waals surface area contributed by atoms with E-state index in [4.69, 9.17) is 11.6 Å². The van der Waals surface area contributed by atoms with Crippen LogP contribution in [0.2, 0.25) is 5.02 Å². The van der Waals surface area contributed by atoms with Gasteiger partial charge in [0.25, 0.3) is 0 Å². The molecule has 1 N–H and O–H groups in total. The van der Waals surface area contributed by atoms with Gasteiger partial charge in [-0.3, -0.25) is 10.1 Å². The van der Waals surface area contributed by atoms with Crippen molar-refractivity contribution in [1.29, 1.82) is 0 Å². The summed E-state index contributed by atoms with van der Waals surface area (Å²) in [6.07, 6.45) is 2.93. The summed E-state index contributed by atoms with van der Waals surface area (Å²) in [6, 6.07) is 20.3. The highest BCUT2D eigenvalue weighted by Gasteiger charge is 2.29. The van der Waals surface area contributed by atoms with E-state index in [9.17, 15) is 10.1 Å². The lowest BCUT2D eigenvalue weighted by molar-refractivity contribution is -0.383. The van der Waals surface area contributed by atoms with Gasteiger partial charge in [0.1, 0.15) is 12.1 Å². The molecule has 2 aromatic heterocycles.